The Morgan fingerprint density at radius 2 is 1.82 bits per heavy atom. The molecule has 1 aliphatic heterocycles. The van der Waals surface area contributed by atoms with Crippen molar-refractivity contribution in [3.63, 3.8) is 0 Å². The molecule has 0 spiro atoms. The maximum absolute atomic E-state index is 13.4. The van der Waals surface area contributed by atoms with E-state index < -0.39 is 11.4 Å². The van der Waals surface area contributed by atoms with Gasteiger partial charge in [0.1, 0.15) is 23.4 Å². The molecule has 0 aromatic heterocycles. The highest BCUT2D eigenvalue weighted by Crippen LogP contribution is 2.48. The molecular formula is C26H27ClN2O4S. The first kappa shape index (κ1) is 24.4. The van der Waals surface area contributed by atoms with Crippen LogP contribution in [0.15, 0.2) is 71.6 Å². The average Bonchev–Trinajstić information content (AvgIpc) is 2.93. The zero-order valence-electron chi connectivity index (χ0n) is 19.3. The van der Waals surface area contributed by atoms with Crippen LogP contribution in [0.2, 0.25) is 5.02 Å². The summed E-state index contributed by atoms with van der Waals surface area (Å²) in [6, 6.07) is 20.5. The van der Waals surface area contributed by atoms with E-state index >= 15 is 0 Å². The lowest BCUT2D eigenvalue weighted by molar-refractivity contribution is -0.126. The molecule has 6 nitrogen and oxygen atoms in total. The smallest absolute Gasteiger partial charge is 0.257 e. The Labute approximate surface area is 209 Å². The van der Waals surface area contributed by atoms with Gasteiger partial charge in [0.15, 0.2) is 0 Å². The van der Waals surface area contributed by atoms with Gasteiger partial charge in [-0.05, 0) is 62.1 Å². The van der Waals surface area contributed by atoms with Crippen molar-refractivity contribution in [1.82, 2.24) is 4.90 Å². The van der Waals surface area contributed by atoms with E-state index in [4.69, 9.17) is 21.1 Å². The summed E-state index contributed by atoms with van der Waals surface area (Å²) in [7, 11) is 5.45. The van der Waals surface area contributed by atoms with E-state index in [9.17, 15) is 9.90 Å². The molecule has 1 aliphatic rings. The fourth-order valence-corrected chi connectivity index (χ4v) is 5.30. The monoisotopic (exact) mass is 498 g/mol. The van der Waals surface area contributed by atoms with E-state index in [0.717, 1.165) is 21.9 Å². The number of aliphatic hydroxyl groups is 1. The van der Waals surface area contributed by atoms with Crippen molar-refractivity contribution in [3.05, 3.63) is 77.3 Å². The van der Waals surface area contributed by atoms with Gasteiger partial charge in [0.05, 0.1) is 23.1 Å². The molecule has 4 rings (SSSR count). The second kappa shape index (κ2) is 10.7. The van der Waals surface area contributed by atoms with Gasteiger partial charge < -0.3 is 24.4 Å². The molecule has 1 N–H and O–H groups in total. The minimum Gasteiger partial charge on any atom is -0.495 e. The van der Waals surface area contributed by atoms with Crippen molar-refractivity contribution in [1.29, 1.82) is 0 Å². The first-order valence-corrected chi connectivity index (χ1v) is 12.1. The lowest BCUT2D eigenvalue weighted by Gasteiger charge is -2.26. The molecule has 0 aliphatic carbocycles. The number of hydrogen-bond acceptors (Lipinski definition) is 6. The number of rotatable bonds is 7. The Morgan fingerprint density at radius 3 is 2.50 bits per heavy atom. The van der Waals surface area contributed by atoms with E-state index in [1.165, 1.54) is 11.8 Å². The van der Waals surface area contributed by atoms with Gasteiger partial charge in [0.25, 0.3) is 5.91 Å². The SMILES string of the molecule is COc1ccc(C2Sc3cc(Oc4ccccc4)ccc3N(CCN(C)C)C(=O)C2O)cc1Cl. The summed E-state index contributed by atoms with van der Waals surface area (Å²) in [4.78, 5) is 17.9. The average molecular weight is 499 g/mol. The number of aliphatic hydroxyl groups excluding tert-OH is 1. The number of amides is 1. The summed E-state index contributed by atoms with van der Waals surface area (Å²) in [5, 5.41) is 11.0. The Bertz CT molecular complexity index is 1160. The van der Waals surface area contributed by atoms with Crippen LogP contribution < -0.4 is 14.4 Å². The highest BCUT2D eigenvalue weighted by molar-refractivity contribution is 7.99. The molecule has 1 amide bonds. The van der Waals surface area contributed by atoms with Gasteiger partial charge in [-0.1, -0.05) is 35.9 Å². The van der Waals surface area contributed by atoms with Crippen molar-refractivity contribution < 1.29 is 19.4 Å². The first-order valence-electron chi connectivity index (χ1n) is 10.9. The molecule has 2 unspecified atom stereocenters. The van der Waals surface area contributed by atoms with E-state index in [1.807, 2.05) is 73.6 Å². The van der Waals surface area contributed by atoms with Crippen molar-refractivity contribution in [2.24, 2.45) is 0 Å². The van der Waals surface area contributed by atoms with Gasteiger partial charge in [-0.2, -0.15) is 0 Å². The molecule has 8 heteroatoms. The minimum atomic E-state index is -1.25. The Hall–Kier alpha value is -2.71. The van der Waals surface area contributed by atoms with Gasteiger partial charge in [0.2, 0.25) is 0 Å². The molecule has 0 saturated carbocycles. The van der Waals surface area contributed by atoms with Crippen LogP contribution >= 0.6 is 23.4 Å². The van der Waals surface area contributed by atoms with Crippen LogP contribution in [-0.4, -0.2) is 56.3 Å². The number of thioether (sulfide) groups is 1. The zero-order valence-corrected chi connectivity index (χ0v) is 20.8. The van der Waals surface area contributed by atoms with E-state index in [2.05, 4.69) is 0 Å². The predicted molar refractivity (Wildman–Crippen MR) is 136 cm³/mol. The molecule has 0 fully saturated rings. The summed E-state index contributed by atoms with van der Waals surface area (Å²) in [6.45, 7) is 1.11. The third kappa shape index (κ3) is 5.33. The number of benzene rings is 3. The topological polar surface area (TPSA) is 62.2 Å². The molecule has 2 atom stereocenters. The maximum Gasteiger partial charge on any atom is 0.257 e. The highest BCUT2D eigenvalue weighted by atomic mass is 35.5. The number of anilines is 1. The largest absolute Gasteiger partial charge is 0.495 e. The van der Waals surface area contributed by atoms with Crippen molar-refractivity contribution in [3.8, 4) is 17.2 Å². The number of ether oxygens (including phenoxy) is 2. The van der Waals surface area contributed by atoms with Gasteiger partial charge in [-0.25, -0.2) is 0 Å². The van der Waals surface area contributed by atoms with Crippen molar-refractivity contribution >= 4 is 35.0 Å². The molecule has 0 bridgehead atoms. The fourth-order valence-electron chi connectivity index (χ4n) is 3.75. The third-order valence-corrected chi connectivity index (χ3v) is 7.20. The number of halogens is 1. The van der Waals surface area contributed by atoms with E-state index in [1.54, 1.807) is 24.1 Å². The number of hydrogen-bond donors (Lipinski definition) is 1. The predicted octanol–water partition coefficient (Wildman–Crippen LogP) is 5.24. The zero-order chi connectivity index (χ0) is 24.2. The van der Waals surface area contributed by atoms with E-state index in [-0.39, 0.29) is 5.91 Å². The second-order valence-electron chi connectivity index (χ2n) is 8.22. The van der Waals surface area contributed by atoms with Gasteiger partial charge >= 0.3 is 0 Å². The normalized spacial score (nSPS) is 17.9. The Kier molecular flexibility index (Phi) is 7.68. The number of carbonyl (C=O) groups excluding carboxylic acids is 1. The van der Waals surface area contributed by atoms with Crippen LogP contribution in [0, 0.1) is 0 Å². The number of para-hydroxylation sites is 1. The summed E-state index contributed by atoms with van der Waals surface area (Å²) in [6.07, 6.45) is -1.25. The molecule has 3 aromatic carbocycles. The summed E-state index contributed by atoms with van der Waals surface area (Å²) in [5.41, 5.74) is 1.49. The molecule has 178 valence electrons. The standard InChI is InChI=1S/C26H27ClN2O4S/c1-28(2)13-14-29-21-11-10-19(33-18-7-5-4-6-8-18)16-23(21)34-25(24(30)26(29)31)17-9-12-22(32-3)20(27)15-17/h4-12,15-16,24-25,30H,13-14H2,1-3H3. The minimum absolute atomic E-state index is 0.346. The number of nitrogens with zero attached hydrogens (tertiary/aromatic N) is 2. The number of carbonyl (C=O) groups is 1. The maximum atomic E-state index is 13.4. The van der Waals surface area contributed by atoms with Gasteiger partial charge in [-0.15, -0.1) is 11.8 Å². The second-order valence-corrected chi connectivity index (χ2v) is 9.81. The quantitative estimate of drug-likeness (QED) is 0.480. The van der Waals surface area contributed by atoms with Crippen LogP contribution in [0.5, 0.6) is 17.2 Å². The molecular weight excluding hydrogens is 472 g/mol. The molecule has 0 saturated heterocycles. The van der Waals surface area contributed by atoms with Gasteiger partial charge in [-0.3, -0.25) is 4.79 Å². The van der Waals surface area contributed by atoms with Crippen molar-refractivity contribution in [2.75, 3.05) is 39.2 Å². The summed E-state index contributed by atoms with van der Waals surface area (Å²) < 4.78 is 11.3. The van der Waals surface area contributed by atoms with Crippen LogP contribution in [0.1, 0.15) is 10.8 Å². The highest BCUT2D eigenvalue weighted by Gasteiger charge is 2.37. The molecule has 3 aromatic rings. The Morgan fingerprint density at radius 1 is 1.06 bits per heavy atom. The number of fused-ring (bicyclic) bond motifs is 1. The molecule has 34 heavy (non-hydrogen) atoms. The number of likely N-dealkylation sites (N-methyl/N-ethyl adjacent to an activating group) is 1. The van der Waals surface area contributed by atoms with Crippen LogP contribution in [0.3, 0.4) is 0 Å². The van der Waals surface area contributed by atoms with Crippen LogP contribution in [-0.2, 0) is 4.79 Å². The molecule has 1 heterocycles. The fraction of sp³-hybridized carbons (Fsp3) is 0.269. The third-order valence-electron chi connectivity index (χ3n) is 5.54. The lowest BCUT2D eigenvalue weighted by Crippen LogP contribution is -2.43. The van der Waals surface area contributed by atoms with E-state index in [0.29, 0.717) is 29.6 Å². The van der Waals surface area contributed by atoms with Crippen LogP contribution in [0.25, 0.3) is 0 Å². The summed E-state index contributed by atoms with van der Waals surface area (Å²) in [5.74, 6) is 1.57. The number of methoxy groups -OCH3 is 1. The molecule has 0 radical (unpaired) electrons. The lowest BCUT2D eigenvalue weighted by atomic mass is 10.1. The van der Waals surface area contributed by atoms with Crippen molar-refractivity contribution in [2.45, 2.75) is 16.2 Å². The summed E-state index contributed by atoms with van der Waals surface area (Å²) >= 11 is 7.79. The first-order chi connectivity index (χ1) is 16.4. The van der Waals surface area contributed by atoms with Crippen LogP contribution in [0.4, 0.5) is 5.69 Å². The van der Waals surface area contributed by atoms with Gasteiger partial charge in [0, 0.05) is 18.0 Å². The Balaban J connectivity index is 1.74.